The van der Waals surface area contributed by atoms with Crippen LogP contribution in [0.3, 0.4) is 0 Å². The predicted molar refractivity (Wildman–Crippen MR) is 120 cm³/mol. The highest BCUT2D eigenvalue weighted by atomic mass is 32.2. The third-order valence-corrected chi connectivity index (χ3v) is 8.21. The van der Waals surface area contributed by atoms with E-state index in [1.807, 2.05) is 20.8 Å². The first-order valence-electron chi connectivity index (χ1n) is 10.4. The van der Waals surface area contributed by atoms with Gasteiger partial charge in [-0.15, -0.1) is 0 Å². The van der Waals surface area contributed by atoms with Gasteiger partial charge in [-0.25, -0.2) is 8.42 Å². The highest BCUT2D eigenvalue weighted by Crippen LogP contribution is 2.39. The zero-order valence-corrected chi connectivity index (χ0v) is 20.0. The average Bonchev–Trinajstić information content (AvgIpc) is 2.72. The van der Waals surface area contributed by atoms with E-state index in [0.29, 0.717) is 31.6 Å². The number of benzene rings is 2. The van der Waals surface area contributed by atoms with Gasteiger partial charge in [0.2, 0.25) is 10.0 Å². The standard InChI is InChI=1S/C23H28F3NO3S2/c1-22(2,3)18-8-10-20(11-9-18)32(28,29)27(19-12-14-30-15-13-19)16-17-6-4-5-7-21(17)31-23(24,25)26/h4-11,19H,12-16H2,1-3H3. The van der Waals surface area contributed by atoms with Crippen LogP contribution in [0.2, 0.25) is 0 Å². The van der Waals surface area contributed by atoms with E-state index in [0.717, 1.165) is 5.56 Å². The van der Waals surface area contributed by atoms with Crippen molar-refractivity contribution in [1.82, 2.24) is 4.31 Å². The van der Waals surface area contributed by atoms with Crippen LogP contribution in [-0.4, -0.2) is 37.5 Å². The largest absolute Gasteiger partial charge is 0.446 e. The van der Waals surface area contributed by atoms with Gasteiger partial charge in [-0.1, -0.05) is 51.1 Å². The smallest absolute Gasteiger partial charge is 0.381 e. The molecule has 0 N–H and O–H groups in total. The van der Waals surface area contributed by atoms with Crippen LogP contribution in [0.15, 0.2) is 58.3 Å². The number of ether oxygens (including phenoxy) is 1. The van der Waals surface area contributed by atoms with Gasteiger partial charge in [0.25, 0.3) is 0 Å². The molecular formula is C23H28F3NO3S2. The SMILES string of the molecule is CC(C)(C)c1ccc(S(=O)(=O)N(Cc2ccccc2SC(F)(F)F)C2CCOCC2)cc1. The van der Waals surface area contributed by atoms with Crippen molar-refractivity contribution in [1.29, 1.82) is 0 Å². The number of sulfonamides is 1. The highest BCUT2D eigenvalue weighted by molar-refractivity contribution is 8.00. The van der Waals surface area contributed by atoms with Crippen molar-refractivity contribution >= 4 is 21.8 Å². The van der Waals surface area contributed by atoms with E-state index in [4.69, 9.17) is 4.74 Å². The lowest BCUT2D eigenvalue weighted by atomic mass is 9.87. The highest BCUT2D eigenvalue weighted by Gasteiger charge is 2.35. The Morgan fingerprint density at radius 1 is 1.00 bits per heavy atom. The fourth-order valence-corrected chi connectivity index (χ4v) is 6.00. The molecule has 176 valence electrons. The molecule has 0 amide bonds. The second-order valence-electron chi connectivity index (χ2n) is 8.82. The summed E-state index contributed by atoms with van der Waals surface area (Å²) in [6.45, 7) is 6.82. The van der Waals surface area contributed by atoms with Gasteiger partial charge in [-0.2, -0.15) is 17.5 Å². The Morgan fingerprint density at radius 2 is 1.59 bits per heavy atom. The van der Waals surface area contributed by atoms with Crippen molar-refractivity contribution < 1.29 is 26.3 Å². The molecule has 0 spiro atoms. The first-order valence-corrected chi connectivity index (χ1v) is 12.7. The van der Waals surface area contributed by atoms with Gasteiger partial charge in [0.05, 0.1) is 4.90 Å². The van der Waals surface area contributed by atoms with Gasteiger partial charge < -0.3 is 4.74 Å². The van der Waals surface area contributed by atoms with E-state index < -0.39 is 15.5 Å². The average molecular weight is 488 g/mol. The van der Waals surface area contributed by atoms with Crippen molar-refractivity contribution in [2.45, 2.75) is 66.9 Å². The first kappa shape index (κ1) is 25.1. The van der Waals surface area contributed by atoms with E-state index >= 15 is 0 Å². The van der Waals surface area contributed by atoms with Crippen LogP contribution in [0.4, 0.5) is 13.2 Å². The minimum Gasteiger partial charge on any atom is -0.381 e. The van der Waals surface area contributed by atoms with E-state index in [9.17, 15) is 21.6 Å². The minimum atomic E-state index is -4.46. The number of rotatable bonds is 6. The van der Waals surface area contributed by atoms with Gasteiger partial charge >= 0.3 is 5.51 Å². The summed E-state index contributed by atoms with van der Waals surface area (Å²) in [7, 11) is -3.93. The Labute approximate surface area is 192 Å². The van der Waals surface area contributed by atoms with E-state index in [1.165, 1.54) is 16.4 Å². The lowest BCUT2D eigenvalue weighted by Crippen LogP contribution is -2.43. The summed E-state index contributed by atoms with van der Waals surface area (Å²) in [5.41, 5.74) is -3.25. The van der Waals surface area contributed by atoms with Crippen LogP contribution in [-0.2, 0) is 26.7 Å². The molecule has 2 aromatic rings. The number of nitrogens with zero attached hydrogens (tertiary/aromatic N) is 1. The molecular weight excluding hydrogens is 459 g/mol. The molecule has 1 aliphatic rings. The van der Waals surface area contributed by atoms with E-state index in [1.54, 1.807) is 36.4 Å². The molecule has 0 aliphatic carbocycles. The Bertz CT molecular complexity index is 1010. The van der Waals surface area contributed by atoms with Crippen LogP contribution in [0.5, 0.6) is 0 Å². The predicted octanol–water partition coefficient (Wildman–Crippen LogP) is 5.97. The fraction of sp³-hybridized carbons (Fsp3) is 0.478. The molecule has 9 heteroatoms. The summed E-state index contributed by atoms with van der Waals surface area (Å²) in [5.74, 6) is 0. The minimum absolute atomic E-state index is 0.00957. The lowest BCUT2D eigenvalue weighted by molar-refractivity contribution is -0.0328. The van der Waals surface area contributed by atoms with Crippen molar-refractivity contribution in [3.05, 3.63) is 59.7 Å². The number of hydrogen-bond acceptors (Lipinski definition) is 4. The van der Waals surface area contributed by atoms with Crippen molar-refractivity contribution in [2.75, 3.05) is 13.2 Å². The van der Waals surface area contributed by atoms with Gasteiger partial charge in [0, 0.05) is 30.7 Å². The van der Waals surface area contributed by atoms with Gasteiger partial charge in [-0.3, -0.25) is 0 Å². The van der Waals surface area contributed by atoms with Crippen molar-refractivity contribution in [3.63, 3.8) is 0 Å². The van der Waals surface area contributed by atoms with Crippen LogP contribution >= 0.6 is 11.8 Å². The molecule has 1 fully saturated rings. The molecule has 1 heterocycles. The number of alkyl halides is 3. The Hall–Kier alpha value is -1.55. The molecule has 1 aliphatic heterocycles. The Morgan fingerprint density at radius 3 is 2.16 bits per heavy atom. The maximum atomic E-state index is 13.6. The molecule has 1 saturated heterocycles. The fourth-order valence-electron chi connectivity index (χ4n) is 3.67. The third-order valence-electron chi connectivity index (χ3n) is 5.45. The topological polar surface area (TPSA) is 46.6 Å². The van der Waals surface area contributed by atoms with Gasteiger partial charge in [0.15, 0.2) is 0 Å². The van der Waals surface area contributed by atoms with E-state index in [-0.39, 0.29) is 39.6 Å². The normalized spacial score (nSPS) is 16.5. The van der Waals surface area contributed by atoms with Gasteiger partial charge in [-0.05, 0) is 59.3 Å². The molecule has 0 atom stereocenters. The first-order chi connectivity index (χ1) is 14.9. The molecule has 0 aromatic heterocycles. The third kappa shape index (κ3) is 6.27. The molecule has 0 unspecified atom stereocenters. The summed E-state index contributed by atoms with van der Waals surface area (Å²) >= 11 is -0.219. The second-order valence-corrected chi connectivity index (χ2v) is 11.8. The Kier molecular flexibility index (Phi) is 7.64. The number of thioether (sulfide) groups is 1. The van der Waals surface area contributed by atoms with Crippen molar-refractivity contribution in [3.8, 4) is 0 Å². The van der Waals surface area contributed by atoms with Crippen LogP contribution in [0.25, 0.3) is 0 Å². The summed E-state index contributed by atoms with van der Waals surface area (Å²) in [6, 6.07) is 12.5. The molecule has 32 heavy (non-hydrogen) atoms. The maximum Gasteiger partial charge on any atom is 0.446 e. The quantitative estimate of drug-likeness (QED) is 0.471. The molecule has 2 aromatic carbocycles. The molecule has 0 saturated carbocycles. The summed E-state index contributed by atoms with van der Waals surface area (Å²) < 4.78 is 73.2. The van der Waals surface area contributed by atoms with E-state index in [2.05, 4.69) is 0 Å². The number of halogens is 3. The molecule has 0 radical (unpaired) electrons. The zero-order valence-electron chi connectivity index (χ0n) is 18.4. The summed E-state index contributed by atoms with van der Waals surface area (Å²) in [6.07, 6.45) is 0.988. The lowest BCUT2D eigenvalue weighted by Gasteiger charge is -2.34. The zero-order chi connectivity index (χ0) is 23.6. The maximum absolute atomic E-state index is 13.6. The second kappa shape index (κ2) is 9.75. The Balaban J connectivity index is 1.98. The molecule has 0 bridgehead atoms. The molecule has 4 nitrogen and oxygen atoms in total. The summed E-state index contributed by atoms with van der Waals surface area (Å²) in [5, 5.41) is 0. The number of hydrogen-bond donors (Lipinski definition) is 0. The van der Waals surface area contributed by atoms with Crippen molar-refractivity contribution in [2.24, 2.45) is 0 Å². The van der Waals surface area contributed by atoms with Crippen LogP contribution in [0.1, 0.15) is 44.7 Å². The molecule has 3 rings (SSSR count). The van der Waals surface area contributed by atoms with Crippen LogP contribution < -0.4 is 0 Å². The van der Waals surface area contributed by atoms with Crippen LogP contribution in [0, 0.1) is 0 Å². The monoisotopic (exact) mass is 487 g/mol. The summed E-state index contributed by atoms with van der Waals surface area (Å²) in [4.78, 5) is 0.147. The van der Waals surface area contributed by atoms with Gasteiger partial charge in [0.1, 0.15) is 0 Å².